The molecule has 1 heterocycles. The Kier molecular flexibility index (Phi) is 7.06. The van der Waals surface area contributed by atoms with Crippen LogP contribution >= 0.6 is 0 Å². The number of para-hydroxylation sites is 1. The standard InChI is InChI=1S/C28H28N2O5/c1-17(2)34-27(31)24-25(19-9-13-21(33-4)14-10-19)29-28(32)30-26(24)20-11-15-22(16-12-20)35-23-8-6-5-7-18(23)3/h5-17,26H,1-4H3,(H2,29,30,32). The number of rotatable bonds is 7. The lowest BCUT2D eigenvalue weighted by Crippen LogP contribution is -2.45. The molecule has 2 N–H and O–H groups in total. The van der Waals surface area contributed by atoms with Gasteiger partial charge in [-0.1, -0.05) is 30.3 Å². The second-order valence-corrected chi connectivity index (χ2v) is 8.44. The molecule has 180 valence electrons. The van der Waals surface area contributed by atoms with Crippen LogP contribution in [0.25, 0.3) is 5.70 Å². The molecule has 0 saturated carbocycles. The van der Waals surface area contributed by atoms with Crippen LogP contribution in [-0.4, -0.2) is 25.2 Å². The van der Waals surface area contributed by atoms with E-state index in [0.717, 1.165) is 16.9 Å². The van der Waals surface area contributed by atoms with E-state index < -0.39 is 18.0 Å². The number of hydrogen-bond acceptors (Lipinski definition) is 5. The first-order valence-corrected chi connectivity index (χ1v) is 11.4. The molecular formula is C28H28N2O5. The molecule has 2 amide bonds. The van der Waals surface area contributed by atoms with E-state index in [1.54, 1.807) is 45.2 Å². The second-order valence-electron chi connectivity index (χ2n) is 8.44. The average Bonchev–Trinajstić information content (AvgIpc) is 2.85. The van der Waals surface area contributed by atoms with Crippen molar-refractivity contribution in [2.75, 3.05) is 7.11 Å². The Balaban J connectivity index is 1.72. The van der Waals surface area contributed by atoms with Gasteiger partial charge in [0.2, 0.25) is 0 Å². The Morgan fingerprint density at radius 3 is 2.20 bits per heavy atom. The molecule has 0 fully saturated rings. The van der Waals surface area contributed by atoms with Crippen molar-refractivity contribution in [2.45, 2.75) is 32.9 Å². The van der Waals surface area contributed by atoms with Crippen LogP contribution in [0.2, 0.25) is 0 Å². The van der Waals surface area contributed by atoms with Crippen LogP contribution in [0.1, 0.15) is 36.6 Å². The number of carbonyl (C=O) groups is 2. The summed E-state index contributed by atoms with van der Waals surface area (Å²) in [6.45, 7) is 5.55. The number of nitrogens with one attached hydrogen (secondary N) is 2. The first-order valence-electron chi connectivity index (χ1n) is 11.4. The highest BCUT2D eigenvalue weighted by molar-refractivity contribution is 6.04. The van der Waals surface area contributed by atoms with E-state index in [1.807, 2.05) is 55.5 Å². The number of aryl methyl sites for hydroxylation is 1. The van der Waals surface area contributed by atoms with Crippen LogP contribution in [0.3, 0.4) is 0 Å². The van der Waals surface area contributed by atoms with Crippen molar-refractivity contribution < 1.29 is 23.8 Å². The monoisotopic (exact) mass is 472 g/mol. The number of amides is 2. The quantitative estimate of drug-likeness (QED) is 0.443. The van der Waals surface area contributed by atoms with Gasteiger partial charge in [-0.15, -0.1) is 0 Å². The van der Waals surface area contributed by atoms with Crippen molar-refractivity contribution in [1.29, 1.82) is 0 Å². The van der Waals surface area contributed by atoms with E-state index >= 15 is 0 Å². The van der Waals surface area contributed by atoms with Crippen molar-refractivity contribution in [3.8, 4) is 17.2 Å². The van der Waals surface area contributed by atoms with Crippen LogP contribution in [0.4, 0.5) is 4.79 Å². The third kappa shape index (κ3) is 5.46. The Labute approximate surface area is 204 Å². The molecule has 3 aromatic carbocycles. The predicted molar refractivity (Wildman–Crippen MR) is 133 cm³/mol. The van der Waals surface area contributed by atoms with Crippen molar-refractivity contribution in [3.05, 3.63) is 95.1 Å². The number of urea groups is 1. The summed E-state index contributed by atoms with van der Waals surface area (Å²) in [5.41, 5.74) is 3.12. The lowest BCUT2D eigenvalue weighted by Gasteiger charge is -2.30. The molecule has 4 rings (SSSR count). The van der Waals surface area contributed by atoms with Gasteiger partial charge in [0.1, 0.15) is 17.2 Å². The Hall–Kier alpha value is -4.26. The zero-order chi connectivity index (χ0) is 24.9. The minimum absolute atomic E-state index is 0.316. The van der Waals surface area contributed by atoms with E-state index in [2.05, 4.69) is 10.6 Å². The number of ether oxygens (including phenoxy) is 3. The minimum atomic E-state index is -0.709. The molecule has 3 aromatic rings. The van der Waals surface area contributed by atoms with Crippen molar-refractivity contribution >= 4 is 17.7 Å². The largest absolute Gasteiger partial charge is 0.497 e. The van der Waals surface area contributed by atoms with Gasteiger partial charge in [0.25, 0.3) is 0 Å². The van der Waals surface area contributed by atoms with Crippen LogP contribution in [0.5, 0.6) is 17.2 Å². The highest BCUT2D eigenvalue weighted by atomic mass is 16.5. The number of carbonyl (C=O) groups excluding carboxylic acids is 2. The number of hydrogen-bond donors (Lipinski definition) is 2. The maximum absolute atomic E-state index is 13.2. The van der Waals surface area contributed by atoms with Crippen molar-refractivity contribution in [3.63, 3.8) is 0 Å². The lowest BCUT2D eigenvalue weighted by atomic mass is 9.92. The van der Waals surface area contributed by atoms with E-state index in [9.17, 15) is 9.59 Å². The number of methoxy groups -OCH3 is 1. The van der Waals surface area contributed by atoms with E-state index in [4.69, 9.17) is 14.2 Å². The van der Waals surface area contributed by atoms with Gasteiger partial charge in [-0.25, -0.2) is 9.59 Å². The normalized spacial score (nSPS) is 15.3. The first-order chi connectivity index (χ1) is 16.9. The fourth-order valence-corrected chi connectivity index (χ4v) is 3.82. The highest BCUT2D eigenvalue weighted by Gasteiger charge is 2.34. The lowest BCUT2D eigenvalue weighted by molar-refractivity contribution is -0.143. The van der Waals surface area contributed by atoms with E-state index in [1.165, 1.54) is 0 Å². The molecule has 7 nitrogen and oxygen atoms in total. The van der Waals surface area contributed by atoms with Gasteiger partial charge in [-0.3, -0.25) is 0 Å². The summed E-state index contributed by atoms with van der Waals surface area (Å²) in [7, 11) is 1.58. The van der Waals surface area contributed by atoms with Gasteiger partial charge in [0.15, 0.2) is 0 Å². The summed E-state index contributed by atoms with van der Waals surface area (Å²) in [5.74, 6) is 1.57. The molecule has 1 atom stereocenters. The molecule has 0 saturated heterocycles. The summed E-state index contributed by atoms with van der Waals surface area (Å²) < 4.78 is 16.8. The van der Waals surface area contributed by atoms with E-state index in [0.29, 0.717) is 28.3 Å². The van der Waals surface area contributed by atoms with Gasteiger partial charge in [0.05, 0.1) is 30.5 Å². The third-order valence-electron chi connectivity index (χ3n) is 5.55. The Bertz CT molecular complexity index is 1250. The average molecular weight is 473 g/mol. The SMILES string of the molecule is COc1ccc(C2=C(C(=O)OC(C)C)C(c3ccc(Oc4ccccc4C)cc3)NC(=O)N2)cc1. The zero-order valence-electron chi connectivity index (χ0n) is 20.1. The van der Waals surface area contributed by atoms with E-state index in [-0.39, 0.29) is 6.10 Å². The van der Waals surface area contributed by atoms with Gasteiger partial charge in [0, 0.05) is 0 Å². The summed E-state index contributed by atoms with van der Waals surface area (Å²) in [6.07, 6.45) is -0.324. The molecule has 0 spiro atoms. The van der Waals surface area contributed by atoms with Gasteiger partial charge >= 0.3 is 12.0 Å². The zero-order valence-corrected chi connectivity index (χ0v) is 20.1. The Morgan fingerprint density at radius 2 is 1.57 bits per heavy atom. The van der Waals surface area contributed by atoms with Crippen LogP contribution in [-0.2, 0) is 9.53 Å². The van der Waals surface area contributed by atoms with Crippen LogP contribution in [0, 0.1) is 6.92 Å². The van der Waals surface area contributed by atoms with Crippen LogP contribution in [0.15, 0.2) is 78.4 Å². The highest BCUT2D eigenvalue weighted by Crippen LogP contribution is 2.34. The molecule has 0 radical (unpaired) electrons. The maximum Gasteiger partial charge on any atom is 0.338 e. The Morgan fingerprint density at radius 1 is 0.914 bits per heavy atom. The van der Waals surface area contributed by atoms with Crippen LogP contribution < -0.4 is 20.1 Å². The van der Waals surface area contributed by atoms with Crippen molar-refractivity contribution in [2.24, 2.45) is 0 Å². The summed E-state index contributed by atoms with van der Waals surface area (Å²) in [5, 5.41) is 5.65. The molecular weight excluding hydrogens is 444 g/mol. The summed E-state index contributed by atoms with van der Waals surface area (Å²) in [4.78, 5) is 25.9. The van der Waals surface area contributed by atoms with Gasteiger partial charge in [-0.05, 0) is 79.9 Å². The molecule has 1 unspecified atom stereocenters. The second kappa shape index (κ2) is 10.3. The van der Waals surface area contributed by atoms with Crippen molar-refractivity contribution in [1.82, 2.24) is 10.6 Å². The van der Waals surface area contributed by atoms with Gasteiger partial charge in [-0.2, -0.15) is 0 Å². The molecule has 1 aliphatic rings. The summed E-state index contributed by atoms with van der Waals surface area (Å²) in [6, 6.07) is 21.0. The topological polar surface area (TPSA) is 85.9 Å². The predicted octanol–water partition coefficient (Wildman–Crippen LogP) is 5.51. The molecule has 0 aromatic heterocycles. The first kappa shape index (κ1) is 23.9. The molecule has 0 aliphatic carbocycles. The third-order valence-corrected chi connectivity index (χ3v) is 5.55. The maximum atomic E-state index is 13.2. The number of esters is 1. The fraction of sp³-hybridized carbons (Fsp3) is 0.214. The molecule has 35 heavy (non-hydrogen) atoms. The molecule has 7 heteroatoms. The fourth-order valence-electron chi connectivity index (χ4n) is 3.82. The molecule has 1 aliphatic heterocycles. The summed E-state index contributed by atoms with van der Waals surface area (Å²) >= 11 is 0. The number of benzene rings is 3. The minimum Gasteiger partial charge on any atom is -0.497 e. The van der Waals surface area contributed by atoms with Gasteiger partial charge < -0.3 is 24.8 Å². The smallest absolute Gasteiger partial charge is 0.338 e. The molecule has 0 bridgehead atoms.